The molecule has 0 spiro atoms. The van der Waals surface area contributed by atoms with Crippen LogP contribution in [-0.2, 0) is 12.8 Å². The molecule has 2 atom stereocenters. The maximum absolute atomic E-state index is 6.76. The molecule has 2 aromatic carbocycles. The molecular weight excluding hydrogens is 280 g/mol. The van der Waals surface area contributed by atoms with Gasteiger partial charge in [0, 0.05) is 0 Å². The first-order valence-electron chi connectivity index (χ1n) is 7.54. The van der Waals surface area contributed by atoms with Crippen molar-refractivity contribution in [3.63, 3.8) is 0 Å². The van der Waals surface area contributed by atoms with Gasteiger partial charge < -0.3 is 4.74 Å². The SMILES string of the molecule is COc1ccc(C)cc1CC1CCc2ccccc2C1Cl. The van der Waals surface area contributed by atoms with Crippen molar-refractivity contribution in [3.05, 3.63) is 64.7 Å². The minimum absolute atomic E-state index is 0.0974. The van der Waals surface area contributed by atoms with Crippen molar-refractivity contribution in [1.29, 1.82) is 0 Å². The summed E-state index contributed by atoms with van der Waals surface area (Å²) in [7, 11) is 1.74. The third-order valence-corrected chi connectivity index (χ3v) is 5.06. The van der Waals surface area contributed by atoms with E-state index >= 15 is 0 Å². The summed E-state index contributed by atoms with van der Waals surface area (Å²) in [6.07, 6.45) is 3.24. The quantitative estimate of drug-likeness (QED) is 0.718. The second-order valence-electron chi connectivity index (χ2n) is 5.92. The second-order valence-corrected chi connectivity index (χ2v) is 6.39. The number of methoxy groups -OCH3 is 1. The molecule has 2 heteroatoms. The van der Waals surface area contributed by atoms with Gasteiger partial charge in [0.15, 0.2) is 0 Å². The summed E-state index contributed by atoms with van der Waals surface area (Å²) in [5.74, 6) is 1.44. The first-order chi connectivity index (χ1) is 10.2. The van der Waals surface area contributed by atoms with Crippen molar-refractivity contribution in [2.45, 2.75) is 31.6 Å². The lowest BCUT2D eigenvalue weighted by molar-refractivity contribution is 0.394. The highest BCUT2D eigenvalue weighted by Crippen LogP contribution is 2.41. The molecule has 1 aliphatic carbocycles. The zero-order valence-corrected chi connectivity index (χ0v) is 13.4. The summed E-state index contributed by atoms with van der Waals surface area (Å²) in [6.45, 7) is 2.12. The van der Waals surface area contributed by atoms with Crippen LogP contribution in [0.5, 0.6) is 5.75 Å². The van der Waals surface area contributed by atoms with Crippen molar-refractivity contribution in [2.75, 3.05) is 7.11 Å². The molecule has 0 aromatic heterocycles. The van der Waals surface area contributed by atoms with E-state index in [1.165, 1.54) is 22.3 Å². The molecular formula is C19H21ClO. The molecule has 1 aliphatic rings. The fourth-order valence-corrected chi connectivity index (χ4v) is 3.75. The largest absolute Gasteiger partial charge is 0.496 e. The Balaban J connectivity index is 1.85. The maximum Gasteiger partial charge on any atom is 0.122 e. The number of ether oxygens (including phenoxy) is 1. The van der Waals surface area contributed by atoms with E-state index in [-0.39, 0.29) is 5.38 Å². The summed E-state index contributed by atoms with van der Waals surface area (Å²) < 4.78 is 5.50. The summed E-state index contributed by atoms with van der Waals surface area (Å²) in [5, 5.41) is 0.0974. The number of fused-ring (bicyclic) bond motifs is 1. The van der Waals surface area contributed by atoms with Crippen molar-refractivity contribution >= 4 is 11.6 Å². The number of hydrogen-bond acceptors (Lipinski definition) is 1. The van der Waals surface area contributed by atoms with Crippen LogP contribution >= 0.6 is 11.6 Å². The van der Waals surface area contributed by atoms with Crippen LogP contribution < -0.4 is 4.74 Å². The van der Waals surface area contributed by atoms with E-state index in [0.717, 1.165) is 25.0 Å². The van der Waals surface area contributed by atoms with Crippen LogP contribution in [0.2, 0.25) is 0 Å². The molecule has 1 nitrogen and oxygen atoms in total. The van der Waals surface area contributed by atoms with Gasteiger partial charge in [-0.15, -0.1) is 11.6 Å². The van der Waals surface area contributed by atoms with E-state index in [9.17, 15) is 0 Å². The van der Waals surface area contributed by atoms with E-state index in [2.05, 4.69) is 49.4 Å². The first kappa shape index (κ1) is 14.5. The molecule has 0 fully saturated rings. The Morgan fingerprint density at radius 1 is 1.19 bits per heavy atom. The number of halogens is 1. The Morgan fingerprint density at radius 3 is 2.81 bits per heavy atom. The zero-order chi connectivity index (χ0) is 14.8. The van der Waals surface area contributed by atoms with E-state index in [4.69, 9.17) is 16.3 Å². The molecule has 0 amide bonds. The molecule has 0 saturated heterocycles. The lowest BCUT2D eigenvalue weighted by Gasteiger charge is -2.30. The molecule has 0 bridgehead atoms. The van der Waals surface area contributed by atoms with Crippen LogP contribution in [0.4, 0.5) is 0 Å². The van der Waals surface area contributed by atoms with Gasteiger partial charge in [-0.1, -0.05) is 42.0 Å². The molecule has 3 rings (SSSR count). The normalized spacial score (nSPS) is 20.9. The van der Waals surface area contributed by atoms with Gasteiger partial charge in [-0.2, -0.15) is 0 Å². The van der Waals surface area contributed by atoms with Crippen molar-refractivity contribution in [3.8, 4) is 5.75 Å². The zero-order valence-electron chi connectivity index (χ0n) is 12.6. The lowest BCUT2D eigenvalue weighted by Crippen LogP contribution is -2.19. The van der Waals surface area contributed by atoms with Gasteiger partial charge in [0.25, 0.3) is 0 Å². The predicted molar refractivity (Wildman–Crippen MR) is 88.3 cm³/mol. The molecule has 0 radical (unpaired) electrons. The lowest BCUT2D eigenvalue weighted by atomic mass is 9.80. The summed E-state index contributed by atoms with van der Waals surface area (Å²) >= 11 is 6.76. The minimum atomic E-state index is 0.0974. The fourth-order valence-electron chi connectivity index (χ4n) is 3.33. The average molecular weight is 301 g/mol. The number of rotatable bonds is 3. The van der Waals surface area contributed by atoms with Gasteiger partial charge in [0.1, 0.15) is 5.75 Å². The third kappa shape index (κ3) is 2.94. The van der Waals surface area contributed by atoms with Crippen molar-refractivity contribution < 1.29 is 4.74 Å². The highest BCUT2D eigenvalue weighted by Gasteiger charge is 2.28. The molecule has 2 unspecified atom stereocenters. The standard InChI is InChI=1S/C19H21ClO/c1-13-7-10-18(21-2)16(11-13)12-15-9-8-14-5-3-4-6-17(14)19(15)20/h3-7,10-11,15,19H,8-9,12H2,1-2H3. The third-order valence-electron chi connectivity index (χ3n) is 4.47. The van der Waals surface area contributed by atoms with Crippen LogP contribution in [0.1, 0.15) is 34.1 Å². The van der Waals surface area contributed by atoms with E-state index in [1.54, 1.807) is 7.11 Å². The molecule has 21 heavy (non-hydrogen) atoms. The Kier molecular flexibility index (Phi) is 4.21. The van der Waals surface area contributed by atoms with Crippen LogP contribution in [-0.4, -0.2) is 7.11 Å². The topological polar surface area (TPSA) is 9.23 Å². The summed E-state index contributed by atoms with van der Waals surface area (Å²) in [5.41, 5.74) is 5.26. The van der Waals surface area contributed by atoms with E-state index < -0.39 is 0 Å². The van der Waals surface area contributed by atoms with Gasteiger partial charge in [-0.3, -0.25) is 0 Å². The van der Waals surface area contributed by atoms with Crippen molar-refractivity contribution in [2.24, 2.45) is 5.92 Å². The monoisotopic (exact) mass is 300 g/mol. The number of alkyl halides is 1. The molecule has 2 aromatic rings. The van der Waals surface area contributed by atoms with Gasteiger partial charge in [0.05, 0.1) is 12.5 Å². The van der Waals surface area contributed by atoms with Crippen LogP contribution in [0, 0.1) is 12.8 Å². The molecule has 0 saturated carbocycles. The number of aryl methyl sites for hydroxylation is 2. The maximum atomic E-state index is 6.76. The van der Waals surface area contributed by atoms with Crippen LogP contribution in [0.25, 0.3) is 0 Å². The molecule has 0 aliphatic heterocycles. The predicted octanol–water partition coefficient (Wildman–Crippen LogP) is 5.09. The highest BCUT2D eigenvalue weighted by molar-refractivity contribution is 6.21. The minimum Gasteiger partial charge on any atom is -0.496 e. The van der Waals surface area contributed by atoms with E-state index in [1.807, 2.05) is 0 Å². The second kappa shape index (κ2) is 6.11. The van der Waals surface area contributed by atoms with Crippen molar-refractivity contribution in [1.82, 2.24) is 0 Å². The number of benzene rings is 2. The van der Waals surface area contributed by atoms with Crippen LogP contribution in [0.3, 0.4) is 0 Å². The molecule has 0 N–H and O–H groups in total. The van der Waals surface area contributed by atoms with E-state index in [0.29, 0.717) is 5.92 Å². The first-order valence-corrected chi connectivity index (χ1v) is 7.98. The Labute approximate surface area is 131 Å². The summed E-state index contributed by atoms with van der Waals surface area (Å²) in [6, 6.07) is 14.9. The van der Waals surface area contributed by atoms with Crippen LogP contribution in [0.15, 0.2) is 42.5 Å². The average Bonchev–Trinajstić information content (AvgIpc) is 2.51. The Morgan fingerprint density at radius 2 is 2.00 bits per heavy atom. The molecule has 110 valence electrons. The smallest absolute Gasteiger partial charge is 0.122 e. The van der Waals surface area contributed by atoms with Gasteiger partial charge in [-0.05, 0) is 54.9 Å². The van der Waals surface area contributed by atoms with Gasteiger partial charge >= 0.3 is 0 Å². The number of hydrogen-bond donors (Lipinski definition) is 0. The highest BCUT2D eigenvalue weighted by atomic mass is 35.5. The van der Waals surface area contributed by atoms with Gasteiger partial charge in [0.2, 0.25) is 0 Å². The Bertz CT molecular complexity index is 635. The summed E-state index contributed by atoms with van der Waals surface area (Å²) in [4.78, 5) is 0. The fraction of sp³-hybridized carbons (Fsp3) is 0.368. The van der Waals surface area contributed by atoms with Gasteiger partial charge in [-0.25, -0.2) is 0 Å². The molecule has 0 heterocycles. The Hall–Kier alpha value is -1.47.